The third kappa shape index (κ3) is 2.22. The highest BCUT2D eigenvalue weighted by Gasteiger charge is 2.20. The van der Waals surface area contributed by atoms with Gasteiger partial charge in [-0.25, -0.2) is 0 Å². The van der Waals surface area contributed by atoms with E-state index >= 15 is 0 Å². The quantitative estimate of drug-likeness (QED) is 0.728. The summed E-state index contributed by atoms with van der Waals surface area (Å²) in [4.78, 5) is 11.6. The molecule has 0 unspecified atom stereocenters. The molecule has 0 aliphatic heterocycles. The van der Waals surface area contributed by atoms with Crippen LogP contribution in [0, 0.1) is 5.92 Å². The first-order valence-electron chi connectivity index (χ1n) is 5.23. The Kier molecular flexibility index (Phi) is 2.66. The topological polar surface area (TPSA) is 34.9 Å². The van der Waals surface area contributed by atoms with Crippen molar-refractivity contribution < 1.29 is 4.79 Å². The molecule has 1 saturated carbocycles. The molecule has 1 aliphatic rings. The lowest BCUT2D eigenvalue weighted by Gasteiger charge is -2.24. The molecule has 76 valence electrons. The average molecular weight is 192 g/mol. The molecule has 1 fully saturated rings. The molecule has 1 aromatic rings. The SMILES string of the molecule is Cn1cc(CC(=O)CC2CCC2)cn1. The number of carbonyl (C=O) groups is 1. The maximum absolute atomic E-state index is 11.6. The summed E-state index contributed by atoms with van der Waals surface area (Å²) >= 11 is 0. The van der Waals surface area contributed by atoms with E-state index in [4.69, 9.17) is 0 Å². The average Bonchev–Trinajstić information content (AvgIpc) is 2.44. The van der Waals surface area contributed by atoms with Crippen LogP contribution in [0.5, 0.6) is 0 Å². The maximum Gasteiger partial charge on any atom is 0.137 e. The predicted molar refractivity (Wildman–Crippen MR) is 53.9 cm³/mol. The van der Waals surface area contributed by atoms with E-state index in [9.17, 15) is 4.79 Å². The summed E-state index contributed by atoms with van der Waals surface area (Å²) in [7, 11) is 1.87. The number of rotatable bonds is 4. The van der Waals surface area contributed by atoms with Gasteiger partial charge in [-0.05, 0) is 11.5 Å². The molecule has 2 rings (SSSR count). The number of aromatic nitrogens is 2. The number of carbonyl (C=O) groups excluding carboxylic acids is 1. The fraction of sp³-hybridized carbons (Fsp3) is 0.636. The molecule has 14 heavy (non-hydrogen) atoms. The van der Waals surface area contributed by atoms with Crippen molar-refractivity contribution in [2.24, 2.45) is 13.0 Å². The van der Waals surface area contributed by atoms with Gasteiger partial charge < -0.3 is 0 Å². The van der Waals surface area contributed by atoms with Crippen LogP contribution in [0.15, 0.2) is 12.4 Å². The number of hydrogen-bond donors (Lipinski definition) is 0. The molecule has 0 bridgehead atoms. The van der Waals surface area contributed by atoms with Gasteiger partial charge in [-0.15, -0.1) is 0 Å². The normalized spacial score (nSPS) is 16.6. The summed E-state index contributed by atoms with van der Waals surface area (Å²) in [5, 5.41) is 4.05. The van der Waals surface area contributed by atoms with Gasteiger partial charge in [0.05, 0.1) is 6.20 Å². The maximum atomic E-state index is 11.6. The molecule has 0 N–H and O–H groups in total. The molecule has 0 radical (unpaired) electrons. The van der Waals surface area contributed by atoms with E-state index in [1.165, 1.54) is 19.3 Å². The Morgan fingerprint density at radius 1 is 1.64 bits per heavy atom. The van der Waals surface area contributed by atoms with E-state index < -0.39 is 0 Å². The second kappa shape index (κ2) is 3.95. The minimum atomic E-state index is 0.364. The lowest BCUT2D eigenvalue weighted by Crippen LogP contribution is -2.16. The molecule has 1 aromatic heterocycles. The zero-order valence-corrected chi connectivity index (χ0v) is 8.57. The van der Waals surface area contributed by atoms with Gasteiger partial charge in [0.2, 0.25) is 0 Å². The number of Topliss-reactive ketones (excluding diaryl/α,β-unsaturated/α-hetero) is 1. The van der Waals surface area contributed by atoms with Gasteiger partial charge in [0.1, 0.15) is 5.78 Å². The fourth-order valence-corrected chi connectivity index (χ4v) is 1.88. The van der Waals surface area contributed by atoms with E-state index in [1.54, 1.807) is 10.9 Å². The molecule has 3 heteroatoms. The molecule has 0 aromatic carbocycles. The Morgan fingerprint density at radius 3 is 2.93 bits per heavy atom. The van der Waals surface area contributed by atoms with E-state index in [1.807, 2.05) is 13.2 Å². The Morgan fingerprint density at radius 2 is 2.43 bits per heavy atom. The van der Waals surface area contributed by atoms with Crippen molar-refractivity contribution in [3.63, 3.8) is 0 Å². The van der Waals surface area contributed by atoms with Crippen LogP contribution in [0.1, 0.15) is 31.2 Å². The third-order valence-electron chi connectivity index (χ3n) is 2.90. The summed E-state index contributed by atoms with van der Waals surface area (Å²) < 4.78 is 1.74. The van der Waals surface area contributed by atoms with E-state index in [0.717, 1.165) is 12.0 Å². The summed E-state index contributed by atoms with van der Waals surface area (Å²) in [6.07, 6.45) is 8.83. The van der Waals surface area contributed by atoms with Crippen LogP contribution >= 0.6 is 0 Å². The zero-order chi connectivity index (χ0) is 9.97. The first-order chi connectivity index (χ1) is 6.74. The van der Waals surface area contributed by atoms with Gasteiger partial charge in [-0.2, -0.15) is 5.10 Å². The van der Waals surface area contributed by atoms with Crippen molar-refractivity contribution in [1.29, 1.82) is 0 Å². The fourth-order valence-electron chi connectivity index (χ4n) is 1.88. The van der Waals surface area contributed by atoms with E-state index in [2.05, 4.69) is 5.10 Å². The number of aryl methyl sites for hydroxylation is 1. The van der Waals surface area contributed by atoms with Crippen LogP contribution in [0.4, 0.5) is 0 Å². The van der Waals surface area contributed by atoms with Crippen molar-refractivity contribution in [2.45, 2.75) is 32.1 Å². The highest BCUT2D eigenvalue weighted by molar-refractivity contribution is 5.81. The van der Waals surface area contributed by atoms with Crippen LogP contribution in [0.3, 0.4) is 0 Å². The van der Waals surface area contributed by atoms with E-state index in [0.29, 0.717) is 18.1 Å². The highest BCUT2D eigenvalue weighted by atomic mass is 16.1. The van der Waals surface area contributed by atoms with Crippen LogP contribution in [-0.2, 0) is 18.3 Å². The lowest BCUT2D eigenvalue weighted by molar-refractivity contribution is -0.119. The summed E-state index contributed by atoms with van der Waals surface area (Å²) in [6.45, 7) is 0. The van der Waals surface area contributed by atoms with Crippen LogP contribution in [0.25, 0.3) is 0 Å². The van der Waals surface area contributed by atoms with Crippen LogP contribution in [-0.4, -0.2) is 15.6 Å². The lowest BCUT2D eigenvalue weighted by atomic mass is 9.81. The van der Waals surface area contributed by atoms with Crippen molar-refractivity contribution in [3.05, 3.63) is 18.0 Å². The molecule has 0 saturated heterocycles. The van der Waals surface area contributed by atoms with E-state index in [-0.39, 0.29) is 0 Å². The Labute approximate surface area is 84.1 Å². The molecule has 0 spiro atoms. The Hall–Kier alpha value is -1.12. The summed E-state index contributed by atoms with van der Waals surface area (Å²) in [5.74, 6) is 1.04. The highest BCUT2D eigenvalue weighted by Crippen LogP contribution is 2.29. The molecule has 0 atom stereocenters. The van der Waals surface area contributed by atoms with Crippen LogP contribution in [0.2, 0.25) is 0 Å². The molecular formula is C11H16N2O. The Balaban J connectivity index is 1.81. The predicted octanol–water partition coefficient (Wildman–Crippen LogP) is 1.72. The van der Waals surface area contributed by atoms with Crippen LogP contribution < -0.4 is 0 Å². The molecule has 3 nitrogen and oxygen atoms in total. The number of ketones is 1. The van der Waals surface area contributed by atoms with Gasteiger partial charge in [-0.3, -0.25) is 9.48 Å². The first kappa shape index (κ1) is 9.44. The van der Waals surface area contributed by atoms with Gasteiger partial charge in [0, 0.05) is 26.1 Å². The second-order valence-corrected chi connectivity index (χ2v) is 4.24. The monoisotopic (exact) mass is 192 g/mol. The van der Waals surface area contributed by atoms with Crippen molar-refractivity contribution >= 4 is 5.78 Å². The standard InChI is InChI=1S/C11H16N2O/c1-13-8-10(7-12-13)6-11(14)5-9-3-2-4-9/h7-9H,2-6H2,1H3. The summed E-state index contributed by atoms with van der Waals surface area (Å²) in [5.41, 5.74) is 1.04. The largest absolute Gasteiger partial charge is 0.299 e. The number of nitrogens with zero attached hydrogens (tertiary/aromatic N) is 2. The molecule has 1 heterocycles. The van der Waals surface area contributed by atoms with Gasteiger partial charge in [-0.1, -0.05) is 19.3 Å². The molecule has 0 amide bonds. The second-order valence-electron chi connectivity index (χ2n) is 4.24. The van der Waals surface area contributed by atoms with Gasteiger partial charge in [0.25, 0.3) is 0 Å². The smallest absolute Gasteiger partial charge is 0.137 e. The third-order valence-corrected chi connectivity index (χ3v) is 2.90. The number of hydrogen-bond acceptors (Lipinski definition) is 2. The van der Waals surface area contributed by atoms with Gasteiger partial charge in [0.15, 0.2) is 0 Å². The van der Waals surface area contributed by atoms with Gasteiger partial charge >= 0.3 is 0 Å². The van der Waals surface area contributed by atoms with Crippen molar-refractivity contribution in [1.82, 2.24) is 9.78 Å². The van der Waals surface area contributed by atoms with Crippen molar-refractivity contribution in [2.75, 3.05) is 0 Å². The van der Waals surface area contributed by atoms with Crippen molar-refractivity contribution in [3.8, 4) is 0 Å². The molecule has 1 aliphatic carbocycles. The minimum Gasteiger partial charge on any atom is -0.299 e. The summed E-state index contributed by atoms with van der Waals surface area (Å²) in [6, 6.07) is 0. The first-order valence-corrected chi connectivity index (χ1v) is 5.23. The Bertz CT molecular complexity index is 326. The minimum absolute atomic E-state index is 0.364. The molecular weight excluding hydrogens is 176 g/mol. The zero-order valence-electron chi connectivity index (χ0n) is 8.57.